The maximum absolute atomic E-state index is 12.8. The largest absolute Gasteiger partial charge is 0.457 e. The number of hydrogen-bond donors (Lipinski definition) is 3. The van der Waals surface area contributed by atoms with Crippen LogP contribution in [-0.2, 0) is 28.5 Å². The molecular formula is C32H52O9. The molecule has 9 heteroatoms. The van der Waals surface area contributed by atoms with Crippen molar-refractivity contribution in [2.24, 2.45) is 11.8 Å². The number of cyclic esters (lactones) is 1. The van der Waals surface area contributed by atoms with E-state index in [0.29, 0.717) is 25.9 Å². The molecular weight excluding hydrogens is 528 g/mol. The molecule has 1 fully saturated rings. The van der Waals surface area contributed by atoms with Crippen LogP contribution in [0, 0.1) is 11.8 Å². The lowest BCUT2D eigenvalue weighted by Gasteiger charge is -2.36. The van der Waals surface area contributed by atoms with Crippen LogP contribution in [0.25, 0.3) is 0 Å². The lowest BCUT2D eigenvalue weighted by Crippen LogP contribution is -2.44. The predicted molar refractivity (Wildman–Crippen MR) is 156 cm³/mol. The summed E-state index contributed by atoms with van der Waals surface area (Å²) >= 11 is 0. The third-order valence-electron chi connectivity index (χ3n) is 8.11. The number of ether oxygens (including phenoxy) is 4. The zero-order chi connectivity index (χ0) is 31.0. The summed E-state index contributed by atoms with van der Waals surface area (Å²) in [5.74, 6) is -1.25. The fourth-order valence-corrected chi connectivity index (χ4v) is 5.45. The van der Waals surface area contributed by atoms with Gasteiger partial charge in [-0.1, -0.05) is 45.1 Å². The second kappa shape index (κ2) is 15.4. The Labute approximate surface area is 245 Å². The van der Waals surface area contributed by atoms with E-state index in [4.69, 9.17) is 18.9 Å². The number of esters is 2. The van der Waals surface area contributed by atoms with E-state index in [1.54, 1.807) is 31.2 Å². The summed E-state index contributed by atoms with van der Waals surface area (Å²) in [6.45, 7) is 14.8. The minimum Gasteiger partial charge on any atom is -0.457 e. The van der Waals surface area contributed by atoms with E-state index in [9.17, 15) is 24.9 Å². The summed E-state index contributed by atoms with van der Waals surface area (Å²) in [7, 11) is 0. The monoisotopic (exact) mass is 580 g/mol. The van der Waals surface area contributed by atoms with Crippen molar-refractivity contribution in [1.82, 2.24) is 0 Å². The molecule has 2 heterocycles. The summed E-state index contributed by atoms with van der Waals surface area (Å²) in [5, 5.41) is 31.6. The molecule has 3 N–H and O–H groups in total. The third-order valence-corrected chi connectivity index (χ3v) is 8.11. The smallest absolute Gasteiger partial charge is 0.309 e. The standard InChI is InChI=1S/C32H52O9/c1-9-25(35)22(5)30-26(40-30)19-31(7,37)16-11-12-20(3)29-21(4)13-14-27(39-23(6)33)32(8,38-10-2)17-15-24(34)18-28(36)41-29/h11-14,16,21-22,24-27,29-30,34-35,37H,9-10,15,17-19H2,1-8H3/b14-13-,16-11+,20-12+. The van der Waals surface area contributed by atoms with Gasteiger partial charge in [0.05, 0.1) is 36.4 Å². The van der Waals surface area contributed by atoms with E-state index >= 15 is 0 Å². The highest BCUT2D eigenvalue weighted by molar-refractivity contribution is 5.70. The molecule has 10 unspecified atom stereocenters. The fourth-order valence-electron chi connectivity index (χ4n) is 5.45. The van der Waals surface area contributed by atoms with E-state index in [2.05, 4.69) is 0 Å². The molecule has 0 aromatic rings. The Morgan fingerprint density at radius 1 is 1.29 bits per heavy atom. The van der Waals surface area contributed by atoms with Crippen molar-refractivity contribution >= 4 is 11.9 Å². The molecule has 0 spiro atoms. The van der Waals surface area contributed by atoms with Crippen LogP contribution >= 0.6 is 0 Å². The molecule has 234 valence electrons. The first-order valence-electron chi connectivity index (χ1n) is 14.9. The Balaban J connectivity index is 2.23. The summed E-state index contributed by atoms with van der Waals surface area (Å²) in [6, 6.07) is 0. The Morgan fingerprint density at radius 2 is 1.98 bits per heavy atom. The minimum absolute atomic E-state index is 0.00242. The number of aliphatic hydroxyl groups excluding tert-OH is 2. The minimum atomic E-state index is -1.13. The van der Waals surface area contributed by atoms with E-state index < -0.39 is 47.6 Å². The Hall–Kier alpha value is -2.04. The summed E-state index contributed by atoms with van der Waals surface area (Å²) < 4.78 is 23.2. The van der Waals surface area contributed by atoms with Gasteiger partial charge in [0, 0.05) is 31.8 Å². The number of hydrogen-bond acceptors (Lipinski definition) is 9. The number of carbonyl (C=O) groups is 2. The van der Waals surface area contributed by atoms with Gasteiger partial charge in [-0.3, -0.25) is 9.59 Å². The van der Waals surface area contributed by atoms with Crippen LogP contribution in [0.2, 0.25) is 0 Å². The fraction of sp³-hybridized carbons (Fsp3) is 0.750. The van der Waals surface area contributed by atoms with Crippen molar-refractivity contribution in [2.75, 3.05) is 6.61 Å². The van der Waals surface area contributed by atoms with Gasteiger partial charge in [-0.15, -0.1) is 0 Å². The average molecular weight is 581 g/mol. The normalized spacial score (nSPS) is 35.4. The van der Waals surface area contributed by atoms with Crippen molar-refractivity contribution < 1.29 is 43.9 Å². The molecule has 0 aromatic carbocycles. The van der Waals surface area contributed by atoms with Gasteiger partial charge in [0.2, 0.25) is 0 Å². The van der Waals surface area contributed by atoms with Gasteiger partial charge in [-0.05, 0) is 58.6 Å². The Morgan fingerprint density at radius 3 is 2.59 bits per heavy atom. The van der Waals surface area contributed by atoms with Gasteiger partial charge in [0.25, 0.3) is 0 Å². The molecule has 1 saturated heterocycles. The first-order chi connectivity index (χ1) is 19.1. The van der Waals surface area contributed by atoms with Crippen molar-refractivity contribution in [3.63, 3.8) is 0 Å². The van der Waals surface area contributed by atoms with Crippen LogP contribution in [0.15, 0.2) is 36.0 Å². The van der Waals surface area contributed by atoms with Gasteiger partial charge < -0.3 is 34.3 Å². The summed E-state index contributed by atoms with van der Waals surface area (Å²) in [5.41, 5.74) is -1.27. The lowest BCUT2D eigenvalue weighted by molar-refractivity contribution is -0.164. The first kappa shape index (κ1) is 35.2. The molecule has 2 rings (SSSR count). The highest BCUT2D eigenvalue weighted by atomic mass is 16.6. The van der Waals surface area contributed by atoms with Crippen molar-refractivity contribution in [3.8, 4) is 0 Å². The van der Waals surface area contributed by atoms with E-state index in [1.165, 1.54) is 6.92 Å². The van der Waals surface area contributed by atoms with Crippen molar-refractivity contribution in [1.29, 1.82) is 0 Å². The second-order valence-corrected chi connectivity index (χ2v) is 12.1. The molecule has 0 radical (unpaired) electrons. The van der Waals surface area contributed by atoms with E-state index in [-0.39, 0.29) is 36.9 Å². The van der Waals surface area contributed by atoms with Gasteiger partial charge in [0.15, 0.2) is 0 Å². The topological polar surface area (TPSA) is 135 Å². The van der Waals surface area contributed by atoms with Crippen LogP contribution in [0.4, 0.5) is 0 Å². The third kappa shape index (κ3) is 10.9. The van der Waals surface area contributed by atoms with E-state index in [1.807, 2.05) is 47.6 Å². The van der Waals surface area contributed by atoms with Crippen molar-refractivity contribution in [2.45, 2.75) is 135 Å². The van der Waals surface area contributed by atoms with Crippen LogP contribution in [-0.4, -0.2) is 81.7 Å². The number of carbonyl (C=O) groups excluding carboxylic acids is 2. The summed E-state index contributed by atoms with van der Waals surface area (Å²) in [4.78, 5) is 24.7. The number of epoxide rings is 1. The maximum Gasteiger partial charge on any atom is 0.309 e. The quantitative estimate of drug-likeness (QED) is 0.142. The lowest BCUT2D eigenvalue weighted by atomic mass is 9.88. The number of rotatable bonds is 11. The molecule has 2 aliphatic rings. The van der Waals surface area contributed by atoms with E-state index in [0.717, 1.165) is 5.57 Å². The average Bonchev–Trinajstić information content (AvgIpc) is 3.64. The van der Waals surface area contributed by atoms with Gasteiger partial charge in [-0.25, -0.2) is 0 Å². The molecule has 10 atom stereocenters. The van der Waals surface area contributed by atoms with Crippen LogP contribution in [0.1, 0.15) is 87.5 Å². The molecule has 0 aliphatic carbocycles. The number of allylic oxidation sites excluding steroid dienone is 2. The maximum atomic E-state index is 12.8. The van der Waals surface area contributed by atoms with Gasteiger partial charge >= 0.3 is 11.9 Å². The zero-order valence-corrected chi connectivity index (χ0v) is 26.0. The highest BCUT2D eigenvalue weighted by Crippen LogP contribution is 2.37. The molecule has 9 nitrogen and oxygen atoms in total. The Kier molecular flexibility index (Phi) is 13.2. The number of aliphatic hydroxyl groups is 3. The molecule has 0 saturated carbocycles. The first-order valence-corrected chi connectivity index (χ1v) is 14.9. The highest BCUT2D eigenvalue weighted by Gasteiger charge is 2.47. The van der Waals surface area contributed by atoms with Gasteiger partial charge in [0.1, 0.15) is 17.8 Å². The predicted octanol–water partition coefficient (Wildman–Crippen LogP) is 4.18. The molecule has 2 aliphatic heterocycles. The summed E-state index contributed by atoms with van der Waals surface area (Å²) in [6.07, 6.45) is 7.47. The SMILES string of the molecule is CCOC1(C)CCC(O)CC(=O)OC(/C(C)=C/C=C/C(C)(O)CC2OC2C(C)C(O)CC)C(C)/C=C\C1OC(C)=O. The van der Waals surface area contributed by atoms with Crippen LogP contribution < -0.4 is 0 Å². The molecule has 0 bridgehead atoms. The van der Waals surface area contributed by atoms with Crippen LogP contribution in [0.5, 0.6) is 0 Å². The Bertz CT molecular complexity index is 955. The van der Waals surface area contributed by atoms with Gasteiger partial charge in [-0.2, -0.15) is 0 Å². The molecule has 0 aromatic heterocycles. The molecule has 41 heavy (non-hydrogen) atoms. The second-order valence-electron chi connectivity index (χ2n) is 12.1. The molecule has 0 amide bonds. The van der Waals surface area contributed by atoms with Crippen LogP contribution in [0.3, 0.4) is 0 Å². The van der Waals surface area contributed by atoms with Crippen molar-refractivity contribution in [3.05, 3.63) is 36.0 Å². The zero-order valence-electron chi connectivity index (χ0n) is 26.0.